The van der Waals surface area contributed by atoms with E-state index in [4.69, 9.17) is 5.73 Å². The number of carbonyl (C=O) groups is 1. The van der Waals surface area contributed by atoms with Gasteiger partial charge in [-0.15, -0.1) is 0 Å². The van der Waals surface area contributed by atoms with Crippen LogP contribution in [0.1, 0.15) is 66.2 Å². The van der Waals surface area contributed by atoms with Gasteiger partial charge in [-0.05, 0) is 64.8 Å². The summed E-state index contributed by atoms with van der Waals surface area (Å²) in [5.74, 6) is 0.930. The largest absolute Gasteiger partial charge is 0.336 e. The van der Waals surface area contributed by atoms with Gasteiger partial charge in [0.05, 0.1) is 6.54 Å². The molecule has 0 saturated heterocycles. The molecule has 1 aliphatic rings. The molecule has 0 bridgehead atoms. The Kier molecular flexibility index (Phi) is 7.67. The van der Waals surface area contributed by atoms with Crippen molar-refractivity contribution in [3.63, 3.8) is 0 Å². The molecule has 0 unspecified atom stereocenters. The molecule has 0 aliphatic heterocycles. The molecule has 0 spiro atoms. The molecule has 4 heteroatoms. The van der Waals surface area contributed by atoms with Crippen molar-refractivity contribution in [2.75, 3.05) is 19.6 Å². The van der Waals surface area contributed by atoms with Crippen LogP contribution in [0.25, 0.3) is 0 Å². The number of carbonyl (C=O) groups excluding carboxylic acids is 1. The van der Waals surface area contributed by atoms with Crippen molar-refractivity contribution in [1.29, 1.82) is 0 Å². The van der Waals surface area contributed by atoms with Crippen LogP contribution in [-0.4, -0.2) is 42.0 Å². The molecule has 0 aromatic rings. The summed E-state index contributed by atoms with van der Waals surface area (Å²) in [5, 5.41) is 3.47. The SMILES string of the molecule is CCCN(C(=O)CN[C@H]1CC[C@@H](CN)CC1)C(C)(C)CC. The van der Waals surface area contributed by atoms with Crippen molar-refractivity contribution in [3.8, 4) is 0 Å². The summed E-state index contributed by atoms with van der Waals surface area (Å²) >= 11 is 0. The highest BCUT2D eigenvalue weighted by Crippen LogP contribution is 2.23. The minimum Gasteiger partial charge on any atom is -0.336 e. The van der Waals surface area contributed by atoms with E-state index in [-0.39, 0.29) is 11.4 Å². The van der Waals surface area contributed by atoms with E-state index in [9.17, 15) is 4.79 Å². The maximum atomic E-state index is 12.5. The van der Waals surface area contributed by atoms with Crippen molar-refractivity contribution in [2.45, 2.75) is 77.8 Å². The third kappa shape index (κ3) is 5.59. The molecule has 1 amide bonds. The Morgan fingerprint density at radius 1 is 1.24 bits per heavy atom. The van der Waals surface area contributed by atoms with Gasteiger partial charge in [0, 0.05) is 18.1 Å². The molecular formula is C17H35N3O. The second kappa shape index (κ2) is 8.74. The van der Waals surface area contributed by atoms with E-state index < -0.39 is 0 Å². The second-order valence-corrected chi connectivity index (χ2v) is 7.05. The zero-order valence-corrected chi connectivity index (χ0v) is 14.5. The first-order valence-corrected chi connectivity index (χ1v) is 8.68. The van der Waals surface area contributed by atoms with E-state index >= 15 is 0 Å². The predicted molar refractivity (Wildman–Crippen MR) is 89.2 cm³/mol. The number of nitrogens with one attached hydrogen (secondary N) is 1. The summed E-state index contributed by atoms with van der Waals surface area (Å²) in [6.45, 7) is 10.7. The molecule has 124 valence electrons. The lowest BCUT2D eigenvalue weighted by atomic mass is 9.86. The van der Waals surface area contributed by atoms with Crippen molar-refractivity contribution >= 4 is 5.91 Å². The van der Waals surface area contributed by atoms with Gasteiger partial charge in [0.2, 0.25) is 5.91 Å². The number of nitrogens with two attached hydrogens (primary N) is 1. The standard InChI is InChI=1S/C17H35N3O/c1-5-11-20(17(3,4)6-2)16(21)13-19-15-9-7-14(12-18)8-10-15/h14-15,19H,5-13,18H2,1-4H3/t14-,15+. The highest BCUT2D eigenvalue weighted by atomic mass is 16.2. The van der Waals surface area contributed by atoms with Crippen molar-refractivity contribution in [3.05, 3.63) is 0 Å². The van der Waals surface area contributed by atoms with Gasteiger partial charge in [0.1, 0.15) is 0 Å². The molecule has 0 radical (unpaired) electrons. The minimum absolute atomic E-state index is 0.0496. The highest BCUT2D eigenvalue weighted by Gasteiger charge is 2.29. The van der Waals surface area contributed by atoms with Gasteiger partial charge in [-0.3, -0.25) is 4.79 Å². The summed E-state index contributed by atoms with van der Waals surface area (Å²) in [7, 11) is 0. The monoisotopic (exact) mass is 297 g/mol. The lowest BCUT2D eigenvalue weighted by Gasteiger charge is -2.38. The molecule has 0 atom stereocenters. The van der Waals surface area contributed by atoms with Gasteiger partial charge < -0.3 is 16.0 Å². The number of hydrogen-bond acceptors (Lipinski definition) is 3. The van der Waals surface area contributed by atoms with Crippen molar-refractivity contribution < 1.29 is 4.79 Å². The summed E-state index contributed by atoms with van der Waals surface area (Å²) in [4.78, 5) is 14.6. The Hall–Kier alpha value is -0.610. The van der Waals surface area contributed by atoms with Crippen LogP contribution in [0.3, 0.4) is 0 Å². The average molecular weight is 297 g/mol. The lowest BCUT2D eigenvalue weighted by Crippen LogP contribution is -2.51. The van der Waals surface area contributed by atoms with E-state index in [1.165, 1.54) is 12.8 Å². The average Bonchev–Trinajstić information content (AvgIpc) is 2.50. The first-order valence-electron chi connectivity index (χ1n) is 8.68. The Balaban J connectivity index is 2.44. The maximum absolute atomic E-state index is 12.5. The number of hydrogen-bond donors (Lipinski definition) is 2. The van der Waals surface area contributed by atoms with Crippen LogP contribution in [0.4, 0.5) is 0 Å². The van der Waals surface area contributed by atoms with Crippen molar-refractivity contribution in [2.24, 2.45) is 11.7 Å². The Labute approximate surface area is 130 Å². The van der Waals surface area contributed by atoms with Gasteiger partial charge in [-0.25, -0.2) is 0 Å². The molecule has 1 aliphatic carbocycles. The fourth-order valence-electron chi connectivity index (χ4n) is 3.11. The van der Waals surface area contributed by atoms with Crippen LogP contribution < -0.4 is 11.1 Å². The molecule has 1 rings (SSSR count). The molecule has 0 aromatic carbocycles. The zero-order valence-electron chi connectivity index (χ0n) is 14.5. The minimum atomic E-state index is -0.0496. The Morgan fingerprint density at radius 3 is 2.33 bits per heavy atom. The molecule has 0 aromatic heterocycles. The smallest absolute Gasteiger partial charge is 0.236 e. The fraction of sp³-hybridized carbons (Fsp3) is 0.941. The van der Waals surface area contributed by atoms with Crippen LogP contribution in [0.15, 0.2) is 0 Å². The van der Waals surface area contributed by atoms with E-state index in [0.29, 0.717) is 18.5 Å². The third-order valence-corrected chi connectivity index (χ3v) is 5.07. The predicted octanol–water partition coefficient (Wildman–Crippen LogP) is 2.52. The maximum Gasteiger partial charge on any atom is 0.236 e. The van der Waals surface area contributed by atoms with Crippen LogP contribution in [0.2, 0.25) is 0 Å². The van der Waals surface area contributed by atoms with Crippen LogP contribution >= 0.6 is 0 Å². The second-order valence-electron chi connectivity index (χ2n) is 7.05. The normalized spacial score (nSPS) is 23.1. The quantitative estimate of drug-likeness (QED) is 0.724. The van der Waals surface area contributed by atoms with Gasteiger partial charge in [-0.1, -0.05) is 13.8 Å². The van der Waals surface area contributed by atoms with Crippen LogP contribution in [0.5, 0.6) is 0 Å². The van der Waals surface area contributed by atoms with E-state index in [1.807, 2.05) is 4.90 Å². The van der Waals surface area contributed by atoms with Crippen LogP contribution in [0, 0.1) is 5.92 Å². The first-order chi connectivity index (χ1) is 9.94. The third-order valence-electron chi connectivity index (χ3n) is 5.07. The summed E-state index contributed by atoms with van der Waals surface area (Å²) < 4.78 is 0. The summed E-state index contributed by atoms with van der Waals surface area (Å²) in [5.41, 5.74) is 5.68. The molecule has 0 heterocycles. The summed E-state index contributed by atoms with van der Waals surface area (Å²) in [6, 6.07) is 0.491. The Morgan fingerprint density at radius 2 is 1.86 bits per heavy atom. The molecular weight excluding hydrogens is 262 g/mol. The molecule has 3 N–H and O–H groups in total. The highest BCUT2D eigenvalue weighted by molar-refractivity contribution is 5.79. The van der Waals surface area contributed by atoms with Gasteiger partial charge in [-0.2, -0.15) is 0 Å². The number of amides is 1. The van der Waals surface area contributed by atoms with E-state index in [1.54, 1.807) is 0 Å². The zero-order chi connectivity index (χ0) is 15.9. The molecule has 1 fully saturated rings. The topological polar surface area (TPSA) is 58.4 Å². The van der Waals surface area contributed by atoms with Gasteiger partial charge >= 0.3 is 0 Å². The molecule has 21 heavy (non-hydrogen) atoms. The fourth-order valence-corrected chi connectivity index (χ4v) is 3.11. The molecule has 4 nitrogen and oxygen atoms in total. The Bertz CT molecular complexity index is 309. The van der Waals surface area contributed by atoms with E-state index in [0.717, 1.165) is 38.8 Å². The van der Waals surface area contributed by atoms with Crippen LogP contribution in [-0.2, 0) is 4.79 Å². The first kappa shape index (κ1) is 18.4. The summed E-state index contributed by atoms with van der Waals surface area (Å²) in [6.07, 6.45) is 6.69. The van der Waals surface area contributed by atoms with Gasteiger partial charge in [0.25, 0.3) is 0 Å². The molecule has 1 saturated carbocycles. The van der Waals surface area contributed by atoms with E-state index in [2.05, 4.69) is 33.0 Å². The lowest BCUT2D eigenvalue weighted by molar-refractivity contribution is -0.135. The van der Waals surface area contributed by atoms with Gasteiger partial charge in [0.15, 0.2) is 0 Å². The number of nitrogens with zero attached hydrogens (tertiary/aromatic N) is 1. The van der Waals surface area contributed by atoms with Crippen molar-refractivity contribution in [1.82, 2.24) is 10.2 Å². The number of rotatable bonds is 8.